The second-order valence-electron chi connectivity index (χ2n) is 5.99. The molecule has 5 heteroatoms. The molecule has 0 aliphatic carbocycles. The smallest absolute Gasteiger partial charge is 0.175 e. The number of ether oxygens (including phenoxy) is 2. The molecular weight excluding hydrogens is 426 g/mol. The Labute approximate surface area is 172 Å². The number of hydrogen-bond acceptors (Lipinski definition) is 3. The molecule has 0 aromatic heterocycles. The topological polar surface area (TPSA) is 30.8 Å². The molecule has 27 heavy (non-hydrogen) atoms. The van der Waals surface area contributed by atoms with Crippen LogP contribution in [0.4, 0.5) is 5.69 Å². The van der Waals surface area contributed by atoms with E-state index in [-0.39, 0.29) is 0 Å². The number of aryl methyl sites for hydroxylation is 1. The average molecular weight is 445 g/mol. The molecule has 0 radical (unpaired) electrons. The van der Waals surface area contributed by atoms with Gasteiger partial charge in [0.05, 0.1) is 17.3 Å². The molecule has 0 aliphatic heterocycles. The summed E-state index contributed by atoms with van der Waals surface area (Å²) in [5, 5.41) is 0.704. The van der Waals surface area contributed by atoms with Gasteiger partial charge in [-0.2, -0.15) is 0 Å². The molecule has 0 heterocycles. The fourth-order valence-electron chi connectivity index (χ4n) is 2.54. The molecule has 0 atom stereocenters. The van der Waals surface area contributed by atoms with Crippen molar-refractivity contribution in [1.82, 2.24) is 0 Å². The maximum absolute atomic E-state index is 5.96. The van der Waals surface area contributed by atoms with Gasteiger partial charge in [0.2, 0.25) is 0 Å². The van der Waals surface area contributed by atoms with Gasteiger partial charge in [-0.1, -0.05) is 41.9 Å². The summed E-state index contributed by atoms with van der Waals surface area (Å²) in [4.78, 5) is 4.57. The Bertz CT molecular complexity index is 955. The summed E-state index contributed by atoms with van der Waals surface area (Å²) in [6.07, 6.45) is 1.82. The van der Waals surface area contributed by atoms with Crippen molar-refractivity contribution in [3.8, 4) is 11.5 Å². The van der Waals surface area contributed by atoms with Crippen molar-refractivity contribution in [3.63, 3.8) is 0 Å². The van der Waals surface area contributed by atoms with Gasteiger partial charge in [-0.05, 0) is 69.9 Å². The molecule has 138 valence electrons. The van der Waals surface area contributed by atoms with Crippen molar-refractivity contribution < 1.29 is 9.47 Å². The van der Waals surface area contributed by atoms with Crippen LogP contribution in [0.2, 0.25) is 5.02 Å². The number of rotatable bonds is 6. The molecule has 3 nitrogen and oxygen atoms in total. The largest absolute Gasteiger partial charge is 0.493 e. The first kappa shape index (κ1) is 19.5. The number of aliphatic imine (C=N–C) groups is 1. The Kier molecular flexibility index (Phi) is 6.54. The first-order valence-electron chi connectivity index (χ1n) is 8.41. The van der Waals surface area contributed by atoms with Crippen molar-refractivity contribution in [3.05, 3.63) is 86.8 Å². The van der Waals surface area contributed by atoms with Crippen molar-refractivity contribution in [2.75, 3.05) is 7.11 Å². The van der Waals surface area contributed by atoms with Crippen LogP contribution in [0, 0.1) is 6.92 Å². The maximum atomic E-state index is 5.96. The lowest BCUT2D eigenvalue weighted by Crippen LogP contribution is -1.99. The molecule has 0 amide bonds. The second-order valence-corrected chi connectivity index (χ2v) is 7.28. The minimum Gasteiger partial charge on any atom is -0.493 e. The molecule has 0 fully saturated rings. The average Bonchev–Trinajstić information content (AvgIpc) is 2.67. The minimum atomic E-state index is 0.419. The minimum absolute atomic E-state index is 0.419. The van der Waals surface area contributed by atoms with Crippen LogP contribution in [-0.4, -0.2) is 13.3 Å². The molecule has 3 aromatic rings. The van der Waals surface area contributed by atoms with Gasteiger partial charge in [-0.15, -0.1) is 0 Å². The lowest BCUT2D eigenvalue weighted by Gasteiger charge is -2.13. The third-order valence-corrected chi connectivity index (χ3v) is 4.86. The molecule has 3 aromatic carbocycles. The fraction of sp³-hybridized carbons (Fsp3) is 0.136. The normalized spacial score (nSPS) is 11.0. The lowest BCUT2D eigenvalue weighted by atomic mass is 10.2. The molecular formula is C22H19BrClNO2. The summed E-state index contributed by atoms with van der Waals surface area (Å²) in [5.74, 6) is 1.30. The van der Waals surface area contributed by atoms with E-state index in [9.17, 15) is 0 Å². The molecule has 0 bridgehead atoms. The summed E-state index contributed by atoms with van der Waals surface area (Å²) < 4.78 is 12.3. The number of para-hydroxylation sites is 1. The summed E-state index contributed by atoms with van der Waals surface area (Å²) >= 11 is 9.50. The van der Waals surface area contributed by atoms with Crippen molar-refractivity contribution in [2.24, 2.45) is 4.99 Å². The maximum Gasteiger partial charge on any atom is 0.175 e. The van der Waals surface area contributed by atoms with E-state index in [1.54, 1.807) is 7.11 Å². The van der Waals surface area contributed by atoms with Gasteiger partial charge >= 0.3 is 0 Å². The van der Waals surface area contributed by atoms with E-state index in [2.05, 4.69) is 20.9 Å². The third-order valence-electron chi connectivity index (χ3n) is 4.02. The van der Waals surface area contributed by atoms with E-state index in [1.165, 1.54) is 0 Å². The molecule has 3 rings (SSSR count). The Morgan fingerprint density at radius 1 is 1.07 bits per heavy atom. The van der Waals surface area contributed by atoms with Gasteiger partial charge in [0.1, 0.15) is 6.61 Å². The van der Waals surface area contributed by atoms with Crippen molar-refractivity contribution in [2.45, 2.75) is 13.5 Å². The summed E-state index contributed by atoms with van der Waals surface area (Å²) in [7, 11) is 1.62. The number of benzene rings is 3. The number of methoxy groups -OCH3 is 1. The van der Waals surface area contributed by atoms with E-state index in [4.69, 9.17) is 21.1 Å². The van der Waals surface area contributed by atoms with E-state index in [1.807, 2.05) is 73.8 Å². The number of halogens is 2. The molecule has 0 aliphatic rings. The molecule has 0 saturated carbocycles. The molecule has 0 N–H and O–H groups in total. The number of nitrogens with zero attached hydrogens (tertiary/aromatic N) is 1. The van der Waals surface area contributed by atoms with Crippen LogP contribution >= 0.6 is 27.5 Å². The zero-order valence-electron chi connectivity index (χ0n) is 15.1. The highest BCUT2D eigenvalue weighted by Gasteiger charge is 2.11. The third kappa shape index (κ3) is 5.12. The van der Waals surface area contributed by atoms with E-state index in [0.29, 0.717) is 23.1 Å². The van der Waals surface area contributed by atoms with Gasteiger partial charge in [0.25, 0.3) is 0 Å². The van der Waals surface area contributed by atoms with Crippen molar-refractivity contribution >= 4 is 39.4 Å². The van der Waals surface area contributed by atoms with Gasteiger partial charge in [-0.25, -0.2) is 0 Å². The first-order valence-corrected chi connectivity index (χ1v) is 9.58. The van der Waals surface area contributed by atoms with Gasteiger partial charge in [0, 0.05) is 11.2 Å². The Morgan fingerprint density at radius 2 is 1.81 bits per heavy atom. The van der Waals surface area contributed by atoms with Crippen LogP contribution in [0.25, 0.3) is 0 Å². The summed E-state index contributed by atoms with van der Waals surface area (Å²) in [6, 6.07) is 19.4. The van der Waals surface area contributed by atoms with E-state index >= 15 is 0 Å². The molecule has 0 saturated heterocycles. The van der Waals surface area contributed by atoms with Crippen LogP contribution in [0.3, 0.4) is 0 Å². The SMILES string of the molecule is COc1cc(C=Nc2ccccc2C)cc(Br)c1OCc1ccc(Cl)cc1. The quantitative estimate of drug-likeness (QED) is 0.394. The zero-order valence-corrected chi connectivity index (χ0v) is 17.4. The second kappa shape index (κ2) is 9.07. The Balaban J connectivity index is 1.80. The first-order chi connectivity index (χ1) is 13.1. The van der Waals surface area contributed by atoms with Crippen LogP contribution in [0.1, 0.15) is 16.7 Å². The van der Waals surface area contributed by atoms with Gasteiger partial charge in [0.15, 0.2) is 11.5 Å². The van der Waals surface area contributed by atoms with E-state index < -0.39 is 0 Å². The van der Waals surface area contributed by atoms with Crippen molar-refractivity contribution in [1.29, 1.82) is 0 Å². The standard InChI is InChI=1S/C22H19BrClNO2/c1-15-5-3-4-6-20(15)25-13-17-11-19(23)22(21(12-17)26-2)27-14-16-7-9-18(24)10-8-16/h3-13H,14H2,1-2H3. The monoisotopic (exact) mass is 443 g/mol. The van der Waals surface area contributed by atoms with Crippen LogP contribution in [0.5, 0.6) is 11.5 Å². The van der Waals surface area contributed by atoms with E-state index in [0.717, 1.165) is 26.9 Å². The zero-order chi connectivity index (χ0) is 19.2. The summed E-state index contributed by atoms with van der Waals surface area (Å²) in [6.45, 7) is 2.46. The fourth-order valence-corrected chi connectivity index (χ4v) is 3.24. The summed E-state index contributed by atoms with van der Waals surface area (Å²) in [5.41, 5.74) is 4.01. The number of hydrogen-bond donors (Lipinski definition) is 0. The highest BCUT2D eigenvalue weighted by molar-refractivity contribution is 9.10. The molecule has 0 unspecified atom stereocenters. The predicted molar refractivity (Wildman–Crippen MR) is 115 cm³/mol. The van der Waals surface area contributed by atoms with Crippen LogP contribution < -0.4 is 9.47 Å². The Morgan fingerprint density at radius 3 is 2.52 bits per heavy atom. The lowest BCUT2D eigenvalue weighted by molar-refractivity contribution is 0.282. The highest BCUT2D eigenvalue weighted by atomic mass is 79.9. The van der Waals surface area contributed by atoms with Crippen LogP contribution in [-0.2, 0) is 6.61 Å². The predicted octanol–water partition coefficient (Wildman–Crippen LogP) is 6.75. The highest BCUT2D eigenvalue weighted by Crippen LogP contribution is 2.37. The molecule has 0 spiro atoms. The van der Waals surface area contributed by atoms with Gasteiger partial charge in [-0.3, -0.25) is 4.99 Å². The van der Waals surface area contributed by atoms with Crippen LogP contribution in [0.15, 0.2) is 70.1 Å². The Hall–Kier alpha value is -2.30. The van der Waals surface area contributed by atoms with Gasteiger partial charge < -0.3 is 9.47 Å².